The Hall–Kier alpha value is -2.54. The van der Waals surface area contributed by atoms with E-state index in [0.29, 0.717) is 10.7 Å². The standard InChI is InChI=1S/C15H16ClN3O4/c1-8(14(22)17-7-13(20)21)18-15(23)12-6-9-5-10(16)3-4-11(9)19(12)2/h3-6,8H,7H2,1-2H3,(H,17,22)(H,18,23)(H,20,21)/p-1/t8-/m0/s1. The number of aromatic nitrogens is 1. The van der Waals surface area contributed by atoms with Crippen LogP contribution in [0.3, 0.4) is 0 Å². The quantitative estimate of drug-likeness (QED) is 0.790. The first-order valence-corrected chi connectivity index (χ1v) is 7.21. The molecule has 1 aromatic heterocycles. The number of aliphatic carboxylic acids is 1. The molecule has 2 aromatic rings. The molecule has 0 unspecified atom stereocenters. The number of halogens is 1. The minimum atomic E-state index is -1.40. The summed E-state index contributed by atoms with van der Waals surface area (Å²) < 4.78 is 1.69. The molecule has 8 heteroatoms. The fourth-order valence-electron chi connectivity index (χ4n) is 2.19. The van der Waals surface area contributed by atoms with Crippen molar-refractivity contribution in [2.24, 2.45) is 7.05 Å². The normalized spacial score (nSPS) is 12.0. The highest BCUT2D eigenvalue weighted by Crippen LogP contribution is 2.22. The number of benzene rings is 1. The number of fused-ring (bicyclic) bond motifs is 1. The van der Waals surface area contributed by atoms with Gasteiger partial charge in [0.05, 0.1) is 12.5 Å². The van der Waals surface area contributed by atoms with Crippen molar-refractivity contribution >= 4 is 40.3 Å². The SMILES string of the molecule is C[C@H](NC(=O)c1cc2cc(Cl)ccc2n1C)C(=O)NCC(=O)[O-]. The number of amides is 2. The van der Waals surface area contributed by atoms with E-state index in [2.05, 4.69) is 10.6 Å². The number of aryl methyl sites for hydroxylation is 1. The lowest BCUT2D eigenvalue weighted by Gasteiger charge is -2.14. The summed E-state index contributed by atoms with van der Waals surface area (Å²) in [7, 11) is 1.73. The Bertz CT molecular complexity index is 784. The summed E-state index contributed by atoms with van der Waals surface area (Å²) in [5.41, 5.74) is 1.19. The Morgan fingerprint density at radius 2 is 2.00 bits per heavy atom. The number of carbonyl (C=O) groups excluding carboxylic acids is 3. The first-order chi connectivity index (χ1) is 10.8. The largest absolute Gasteiger partial charge is 0.548 e. The van der Waals surface area contributed by atoms with Gasteiger partial charge in [-0.2, -0.15) is 0 Å². The van der Waals surface area contributed by atoms with Gasteiger partial charge in [0.1, 0.15) is 11.7 Å². The van der Waals surface area contributed by atoms with Crippen LogP contribution in [0.15, 0.2) is 24.3 Å². The third-order valence-corrected chi connectivity index (χ3v) is 3.62. The van der Waals surface area contributed by atoms with Gasteiger partial charge in [0.25, 0.3) is 5.91 Å². The van der Waals surface area contributed by atoms with Crippen LogP contribution in [0.2, 0.25) is 5.02 Å². The van der Waals surface area contributed by atoms with Crippen molar-refractivity contribution < 1.29 is 19.5 Å². The summed E-state index contributed by atoms with van der Waals surface area (Å²) in [6.45, 7) is 0.855. The molecular weight excluding hydrogens is 322 g/mol. The van der Waals surface area contributed by atoms with Gasteiger partial charge in [-0.1, -0.05) is 11.6 Å². The molecule has 23 heavy (non-hydrogen) atoms. The second-order valence-corrected chi connectivity index (χ2v) is 5.51. The number of hydrogen-bond donors (Lipinski definition) is 2. The van der Waals surface area contributed by atoms with E-state index in [1.165, 1.54) is 6.92 Å². The average Bonchev–Trinajstić information content (AvgIpc) is 2.81. The molecule has 0 fully saturated rings. The highest BCUT2D eigenvalue weighted by molar-refractivity contribution is 6.31. The van der Waals surface area contributed by atoms with Gasteiger partial charge in [-0.15, -0.1) is 0 Å². The fourth-order valence-corrected chi connectivity index (χ4v) is 2.37. The number of hydrogen-bond acceptors (Lipinski definition) is 4. The molecule has 0 saturated carbocycles. The number of carbonyl (C=O) groups is 3. The van der Waals surface area contributed by atoms with Crippen LogP contribution in [0.25, 0.3) is 10.9 Å². The Kier molecular flexibility index (Phi) is 4.90. The van der Waals surface area contributed by atoms with E-state index in [-0.39, 0.29) is 0 Å². The summed E-state index contributed by atoms with van der Waals surface area (Å²) in [6, 6.07) is 6.04. The lowest BCUT2D eigenvalue weighted by atomic mass is 10.2. The minimum absolute atomic E-state index is 0.363. The molecule has 0 spiro atoms. The molecular formula is C15H15ClN3O4-. The fraction of sp³-hybridized carbons (Fsp3) is 0.267. The number of carboxylic acid groups (broad SMARTS) is 1. The third kappa shape index (κ3) is 3.81. The third-order valence-electron chi connectivity index (χ3n) is 3.38. The molecule has 2 rings (SSSR count). The first kappa shape index (κ1) is 16.8. The van der Waals surface area contributed by atoms with E-state index in [1.54, 1.807) is 35.9 Å². The van der Waals surface area contributed by atoms with Crippen LogP contribution >= 0.6 is 11.6 Å². The second-order valence-electron chi connectivity index (χ2n) is 5.08. The molecule has 0 aliphatic heterocycles. The zero-order valence-corrected chi connectivity index (χ0v) is 13.3. The van der Waals surface area contributed by atoms with E-state index in [9.17, 15) is 19.5 Å². The average molecular weight is 337 g/mol. The molecule has 0 saturated heterocycles. The van der Waals surface area contributed by atoms with Gasteiger partial charge in [-0.3, -0.25) is 9.59 Å². The number of nitrogens with zero attached hydrogens (tertiary/aromatic N) is 1. The van der Waals surface area contributed by atoms with Gasteiger partial charge in [-0.05, 0) is 31.2 Å². The maximum atomic E-state index is 12.3. The molecule has 2 amide bonds. The summed E-state index contributed by atoms with van der Waals surface area (Å²) in [4.78, 5) is 34.3. The van der Waals surface area contributed by atoms with Gasteiger partial charge in [-0.25, -0.2) is 0 Å². The van der Waals surface area contributed by atoms with Crippen molar-refractivity contribution in [3.05, 3.63) is 35.0 Å². The Morgan fingerprint density at radius 3 is 2.65 bits per heavy atom. The van der Waals surface area contributed by atoms with Gasteiger partial charge in [0.2, 0.25) is 5.91 Å². The first-order valence-electron chi connectivity index (χ1n) is 6.83. The number of nitrogens with one attached hydrogen (secondary N) is 2. The maximum Gasteiger partial charge on any atom is 0.268 e. The summed E-state index contributed by atoms with van der Waals surface area (Å²) in [5, 5.41) is 16.3. The lowest BCUT2D eigenvalue weighted by molar-refractivity contribution is -0.304. The summed E-state index contributed by atoms with van der Waals surface area (Å²) >= 11 is 5.93. The second kappa shape index (κ2) is 6.70. The smallest absolute Gasteiger partial charge is 0.268 e. The predicted octanol–water partition coefficient (Wildman–Crippen LogP) is -0.184. The van der Waals surface area contributed by atoms with E-state index in [1.807, 2.05) is 0 Å². The van der Waals surface area contributed by atoms with Crippen LogP contribution in [-0.2, 0) is 16.6 Å². The molecule has 1 atom stereocenters. The van der Waals surface area contributed by atoms with E-state index >= 15 is 0 Å². The van der Waals surface area contributed by atoms with Crippen LogP contribution in [0.1, 0.15) is 17.4 Å². The van der Waals surface area contributed by atoms with Crippen molar-refractivity contribution in [3.8, 4) is 0 Å². The highest BCUT2D eigenvalue weighted by Gasteiger charge is 2.19. The molecule has 0 radical (unpaired) electrons. The Labute approximate surface area is 137 Å². The predicted molar refractivity (Wildman–Crippen MR) is 82.9 cm³/mol. The Balaban J connectivity index is 2.13. The molecule has 122 valence electrons. The van der Waals surface area contributed by atoms with Crippen LogP contribution in [0, 0.1) is 0 Å². The van der Waals surface area contributed by atoms with Crippen molar-refractivity contribution in [2.45, 2.75) is 13.0 Å². The van der Waals surface area contributed by atoms with Crippen LogP contribution in [0.5, 0.6) is 0 Å². The van der Waals surface area contributed by atoms with Crippen LogP contribution < -0.4 is 15.7 Å². The summed E-state index contributed by atoms with van der Waals surface area (Å²) in [5.74, 6) is -2.46. The van der Waals surface area contributed by atoms with Gasteiger partial charge < -0.3 is 25.1 Å². The molecule has 1 heterocycles. The zero-order chi connectivity index (χ0) is 17.1. The van der Waals surface area contributed by atoms with E-state index in [4.69, 9.17) is 11.6 Å². The van der Waals surface area contributed by atoms with Gasteiger partial charge in [0.15, 0.2) is 0 Å². The van der Waals surface area contributed by atoms with Gasteiger partial charge >= 0.3 is 0 Å². The summed E-state index contributed by atoms with van der Waals surface area (Å²) in [6.07, 6.45) is 0. The zero-order valence-electron chi connectivity index (χ0n) is 12.6. The van der Waals surface area contributed by atoms with Crippen molar-refractivity contribution in [3.63, 3.8) is 0 Å². The van der Waals surface area contributed by atoms with E-state index in [0.717, 1.165) is 10.9 Å². The molecule has 2 N–H and O–H groups in total. The molecule has 7 nitrogen and oxygen atoms in total. The minimum Gasteiger partial charge on any atom is -0.548 e. The maximum absolute atomic E-state index is 12.3. The molecule has 0 bridgehead atoms. The van der Waals surface area contributed by atoms with Crippen LogP contribution in [-0.4, -0.2) is 34.9 Å². The van der Waals surface area contributed by atoms with Crippen molar-refractivity contribution in [1.29, 1.82) is 0 Å². The topological polar surface area (TPSA) is 103 Å². The number of carboxylic acids is 1. The van der Waals surface area contributed by atoms with Crippen LogP contribution in [0.4, 0.5) is 0 Å². The number of rotatable bonds is 5. The molecule has 1 aromatic carbocycles. The van der Waals surface area contributed by atoms with Crippen molar-refractivity contribution in [1.82, 2.24) is 15.2 Å². The van der Waals surface area contributed by atoms with Gasteiger partial charge in [0, 0.05) is 23.0 Å². The lowest BCUT2D eigenvalue weighted by Crippen LogP contribution is -2.48. The monoisotopic (exact) mass is 336 g/mol. The highest BCUT2D eigenvalue weighted by atomic mass is 35.5. The van der Waals surface area contributed by atoms with E-state index < -0.39 is 30.4 Å². The Morgan fingerprint density at radius 1 is 1.30 bits per heavy atom. The molecule has 0 aliphatic rings. The molecule has 0 aliphatic carbocycles. The van der Waals surface area contributed by atoms with Crippen molar-refractivity contribution in [2.75, 3.05) is 6.54 Å².